The molecule has 1 unspecified atom stereocenters. The van der Waals surface area contributed by atoms with Crippen molar-refractivity contribution in [2.75, 3.05) is 13.1 Å². The van der Waals surface area contributed by atoms with Gasteiger partial charge in [0.2, 0.25) is 0 Å². The zero-order valence-corrected chi connectivity index (χ0v) is 16.0. The molecule has 3 aromatic rings. The molecule has 27 heavy (non-hydrogen) atoms. The number of hydrogen-bond donors (Lipinski definition) is 0. The Hall–Kier alpha value is -2.61. The largest absolute Gasteiger partial charge is 0.316 e. The minimum Gasteiger partial charge on any atom is -0.316 e. The Morgan fingerprint density at radius 3 is 2.74 bits per heavy atom. The van der Waals surface area contributed by atoms with E-state index in [1.807, 2.05) is 29.3 Å². The monoisotopic (exact) mass is 366 g/mol. The van der Waals surface area contributed by atoms with E-state index >= 15 is 0 Å². The lowest BCUT2D eigenvalue weighted by Crippen LogP contribution is -2.35. The first-order valence-corrected chi connectivity index (χ1v) is 9.60. The van der Waals surface area contributed by atoms with Gasteiger partial charge in [0, 0.05) is 62.8 Å². The van der Waals surface area contributed by atoms with Crippen LogP contribution in [-0.2, 0) is 26.6 Å². The summed E-state index contributed by atoms with van der Waals surface area (Å²) in [6, 6.07) is 1.92. The first-order valence-electron chi connectivity index (χ1n) is 9.60. The Kier molecular flexibility index (Phi) is 5.24. The number of rotatable bonds is 6. The SMILES string of the molecule is CCc1ncc(CN2CCCC(c3nnc(Cn4cccn4)n3C)C2)cn1. The summed E-state index contributed by atoms with van der Waals surface area (Å²) >= 11 is 0. The summed E-state index contributed by atoms with van der Waals surface area (Å²) in [5, 5.41) is 13.2. The number of nitrogens with zero attached hydrogens (tertiary/aromatic N) is 8. The molecule has 1 saturated heterocycles. The molecule has 0 radical (unpaired) electrons. The fourth-order valence-corrected chi connectivity index (χ4v) is 3.72. The average molecular weight is 366 g/mol. The summed E-state index contributed by atoms with van der Waals surface area (Å²) in [4.78, 5) is 11.3. The quantitative estimate of drug-likeness (QED) is 0.662. The Labute approximate surface area is 159 Å². The lowest BCUT2D eigenvalue weighted by Gasteiger charge is -2.32. The first-order chi connectivity index (χ1) is 13.2. The fraction of sp³-hybridized carbons (Fsp3) is 0.526. The Morgan fingerprint density at radius 2 is 2.00 bits per heavy atom. The minimum absolute atomic E-state index is 0.401. The molecule has 0 amide bonds. The van der Waals surface area contributed by atoms with Crippen molar-refractivity contribution in [3.05, 3.63) is 53.9 Å². The van der Waals surface area contributed by atoms with Crippen molar-refractivity contribution < 1.29 is 0 Å². The molecule has 3 aromatic heterocycles. The lowest BCUT2D eigenvalue weighted by molar-refractivity contribution is 0.194. The first kappa shape index (κ1) is 17.8. The molecule has 1 aliphatic heterocycles. The molecule has 4 heterocycles. The van der Waals surface area contributed by atoms with Gasteiger partial charge in [-0.05, 0) is 25.5 Å². The predicted molar refractivity (Wildman–Crippen MR) is 101 cm³/mol. The number of piperidine rings is 1. The van der Waals surface area contributed by atoms with Crippen LogP contribution in [0.4, 0.5) is 0 Å². The van der Waals surface area contributed by atoms with Crippen LogP contribution >= 0.6 is 0 Å². The predicted octanol–water partition coefficient (Wildman–Crippen LogP) is 1.79. The molecule has 0 aliphatic carbocycles. The number of likely N-dealkylation sites (tertiary alicyclic amines) is 1. The Morgan fingerprint density at radius 1 is 1.15 bits per heavy atom. The summed E-state index contributed by atoms with van der Waals surface area (Å²) in [5.74, 6) is 3.31. The van der Waals surface area contributed by atoms with E-state index in [1.165, 1.54) is 12.0 Å². The summed E-state index contributed by atoms with van der Waals surface area (Å²) < 4.78 is 4.01. The average Bonchev–Trinajstić information content (AvgIpc) is 3.33. The van der Waals surface area contributed by atoms with Crippen molar-refractivity contribution in [3.8, 4) is 0 Å². The molecule has 8 heteroatoms. The molecule has 8 nitrogen and oxygen atoms in total. The number of aromatic nitrogens is 7. The lowest BCUT2D eigenvalue weighted by atomic mass is 9.97. The Balaban J connectivity index is 1.42. The van der Waals surface area contributed by atoms with E-state index in [0.717, 1.165) is 49.9 Å². The van der Waals surface area contributed by atoms with E-state index in [9.17, 15) is 0 Å². The summed E-state index contributed by atoms with van der Waals surface area (Å²) in [7, 11) is 2.06. The highest BCUT2D eigenvalue weighted by atomic mass is 15.3. The van der Waals surface area contributed by atoms with Crippen LogP contribution in [0.1, 0.15) is 48.7 Å². The van der Waals surface area contributed by atoms with E-state index < -0.39 is 0 Å². The second-order valence-electron chi connectivity index (χ2n) is 7.17. The molecule has 1 aliphatic rings. The maximum atomic E-state index is 4.50. The van der Waals surface area contributed by atoms with Crippen LogP contribution in [-0.4, -0.2) is 52.5 Å². The van der Waals surface area contributed by atoms with Gasteiger partial charge < -0.3 is 4.57 Å². The van der Waals surface area contributed by atoms with E-state index in [-0.39, 0.29) is 0 Å². The van der Waals surface area contributed by atoms with Crippen LogP contribution in [0.15, 0.2) is 30.9 Å². The van der Waals surface area contributed by atoms with Gasteiger partial charge in [0.1, 0.15) is 18.2 Å². The standard InChI is InChI=1S/C19H26N8/c1-3-17-20-10-15(11-21-17)12-26-8-4-6-16(13-26)19-24-23-18(25(19)2)14-27-9-5-7-22-27/h5,7,9-11,16H,3-4,6,8,12-14H2,1-2H3. The van der Waals surface area contributed by atoms with Crippen molar-refractivity contribution >= 4 is 0 Å². The van der Waals surface area contributed by atoms with Crippen molar-refractivity contribution in [3.63, 3.8) is 0 Å². The second-order valence-corrected chi connectivity index (χ2v) is 7.17. The number of aryl methyl sites for hydroxylation is 1. The maximum absolute atomic E-state index is 4.50. The van der Waals surface area contributed by atoms with Crippen molar-refractivity contribution in [1.82, 2.24) is 39.4 Å². The zero-order valence-electron chi connectivity index (χ0n) is 16.0. The van der Waals surface area contributed by atoms with Gasteiger partial charge in [-0.1, -0.05) is 6.92 Å². The van der Waals surface area contributed by atoms with Crippen molar-refractivity contribution in [1.29, 1.82) is 0 Å². The summed E-state index contributed by atoms with van der Waals surface area (Å²) in [6.07, 6.45) is 10.8. The van der Waals surface area contributed by atoms with Crippen LogP contribution in [0.25, 0.3) is 0 Å². The van der Waals surface area contributed by atoms with Crippen LogP contribution in [0.2, 0.25) is 0 Å². The van der Waals surface area contributed by atoms with Gasteiger partial charge in [0.25, 0.3) is 0 Å². The molecule has 0 saturated carbocycles. The highest BCUT2D eigenvalue weighted by Gasteiger charge is 2.26. The van der Waals surface area contributed by atoms with Crippen LogP contribution in [0.3, 0.4) is 0 Å². The Bertz CT molecular complexity index is 852. The highest BCUT2D eigenvalue weighted by Crippen LogP contribution is 2.26. The molecule has 0 bridgehead atoms. The molecule has 142 valence electrons. The molecule has 0 aromatic carbocycles. The van der Waals surface area contributed by atoms with Crippen LogP contribution in [0, 0.1) is 0 Å². The third-order valence-corrected chi connectivity index (χ3v) is 5.21. The molecule has 0 N–H and O–H groups in total. The van der Waals surface area contributed by atoms with Gasteiger partial charge in [0.05, 0.1) is 0 Å². The topological polar surface area (TPSA) is 77.5 Å². The molecule has 4 rings (SSSR count). The van der Waals surface area contributed by atoms with Gasteiger partial charge in [-0.2, -0.15) is 5.10 Å². The summed E-state index contributed by atoms with van der Waals surface area (Å²) in [5.41, 5.74) is 1.17. The molecular formula is C19H26N8. The highest BCUT2D eigenvalue weighted by molar-refractivity contribution is 5.08. The molecule has 1 fully saturated rings. The van der Waals surface area contributed by atoms with Gasteiger partial charge in [-0.25, -0.2) is 9.97 Å². The van der Waals surface area contributed by atoms with Gasteiger partial charge in [-0.3, -0.25) is 9.58 Å². The van der Waals surface area contributed by atoms with Gasteiger partial charge >= 0.3 is 0 Å². The van der Waals surface area contributed by atoms with Crippen molar-refractivity contribution in [2.45, 2.75) is 45.2 Å². The van der Waals surface area contributed by atoms with Crippen LogP contribution in [0.5, 0.6) is 0 Å². The van der Waals surface area contributed by atoms with E-state index in [1.54, 1.807) is 6.20 Å². The van der Waals surface area contributed by atoms with E-state index in [4.69, 9.17) is 0 Å². The van der Waals surface area contributed by atoms with Gasteiger partial charge in [-0.15, -0.1) is 10.2 Å². The third kappa shape index (κ3) is 4.05. The molecule has 1 atom stereocenters. The smallest absolute Gasteiger partial charge is 0.154 e. The molecular weight excluding hydrogens is 340 g/mol. The third-order valence-electron chi connectivity index (χ3n) is 5.21. The second kappa shape index (κ2) is 7.96. The zero-order chi connectivity index (χ0) is 18.6. The normalized spacial score (nSPS) is 18.1. The van der Waals surface area contributed by atoms with Gasteiger partial charge in [0.15, 0.2) is 5.82 Å². The minimum atomic E-state index is 0.401. The van der Waals surface area contributed by atoms with E-state index in [0.29, 0.717) is 12.5 Å². The van der Waals surface area contributed by atoms with Crippen molar-refractivity contribution in [2.24, 2.45) is 7.05 Å². The maximum Gasteiger partial charge on any atom is 0.154 e. The number of hydrogen-bond acceptors (Lipinski definition) is 6. The van der Waals surface area contributed by atoms with Crippen LogP contribution < -0.4 is 0 Å². The summed E-state index contributed by atoms with van der Waals surface area (Å²) in [6.45, 7) is 5.70. The molecule has 0 spiro atoms. The fourth-order valence-electron chi connectivity index (χ4n) is 3.72. The van der Waals surface area contributed by atoms with E-state index in [2.05, 4.69) is 48.7 Å².